The highest BCUT2D eigenvalue weighted by atomic mass is 32.1. The molecule has 0 aliphatic heterocycles. The van der Waals surface area contributed by atoms with Crippen molar-refractivity contribution in [3.8, 4) is 33.9 Å². The molecule has 0 amide bonds. The molecule has 240 valence electrons. The maximum Gasteiger partial charge on any atom is 0.165 e. The third kappa shape index (κ3) is 4.43. The van der Waals surface area contributed by atoms with Gasteiger partial charge in [-0.25, -0.2) is 15.0 Å². The average molecular weight is 674 g/mol. The minimum absolute atomic E-state index is 0.599. The average Bonchev–Trinajstić information content (AvgIpc) is 3.88. The highest BCUT2D eigenvalue weighted by molar-refractivity contribution is 7.25. The van der Waals surface area contributed by atoms with Gasteiger partial charge in [-0.15, -0.1) is 11.3 Å². The molecule has 1 aliphatic carbocycles. The lowest BCUT2D eigenvalue weighted by Crippen LogP contribution is -2.07. The predicted octanol–water partition coefficient (Wildman–Crippen LogP) is 12.3. The smallest absolute Gasteiger partial charge is 0.165 e. The molecule has 0 bridgehead atoms. The van der Waals surface area contributed by atoms with E-state index >= 15 is 0 Å². The molecule has 0 saturated carbocycles. The summed E-state index contributed by atoms with van der Waals surface area (Å²) in [6, 6.07) is 46.3. The van der Waals surface area contributed by atoms with Crippen LogP contribution in [0.1, 0.15) is 23.6 Å². The van der Waals surface area contributed by atoms with Gasteiger partial charge in [0.05, 0.1) is 0 Å². The predicted molar refractivity (Wildman–Crippen MR) is 208 cm³/mol. The number of rotatable bonds is 4. The quantitative estimate of drug-likeness (QED) is 0.186. The van der Waals surface area contributed by atoms with Crippen LogP contribution in [0.15, 0.2) is 148 Å². The Kier molecular flexibility index (Phi) is 6.18. The Hall–Kier alpha value is -6.37. The molecule has 0 fully saturated rings. The maximum absolute atomic E-state index is 6.47. The molecule has 10 aromatic rings. The van der Waals surface area contributed by atoms with Gasteiger partial charge in [-0.2, -0.15) is 0 Å². The van der Waals surface area contributed by atoms with Gasteiger partial charge in [0.1, 0.15) is 22.5 Å². The molecule has 0 unspecified atom stereocenters. The highest BCUT2D eigenvalue weighted by Crippen LogP contribution is 2.45. The molecule has 4 aromatic heterocycles. The summed E-state index contributed by atoms with van der Waals surface area (Å²) in [5.41, 5.74) is 8.51. The van der Waals surface area contributed by atoms with Crippen LogP contribution < -0.4 is 0 Å². The number of aryl methyl sites for hydroxylation is 1. The van der Waals surface area contributed by atoms with Crippen LogP contribution in [0.25, 0.3) is 92.6 Å². The Morgan fingerprint density at radius 2 is 1.20 bits per heavy atom. The number of allylic oxidation sites excluding steroid dienone is 1. The number of hydrogen-bond donors (Lipinski definition) is 0. The van der Waals surface area contributed by atoms with E-state index in [4.69, 9.17) is 23.8 Å². The standard InChI is InChI=1S/C45H27N3O2S/c1-2-11-26(12-3-1)43-46-44(32-16-10-19-36-40(32)30-14-4-7-17-34(30)49-36)48-45(47-43)42-28(22-23-37-41(42)31-15-5-8-18-35(31)50-37)27-21-24-39-33(25-27)29-13-6-9-20-38(29)51-39/h1-9,11-18,20-25H,10,19H2. The summed E-state index contributed by atoms with van der Waals surface area (Å²) in [5.74, 6) is 2.81. The number of hydrogen-bond acceptors (Lipinski definition) is 6. The van der Waals surface area contributed by atoms with E-state index in [-0.39, 0.29) is 0 Å². The van der Waals surface area contributed by atoms with Crippen LogP contribution in [0.2, 0.25) is 0 Å². The van der Waals surface area contributed by atoms with Gasteiger partial charge in [-0.1, -0.05) is 97.1 Å². The Morgan fingerprint density at radius 3 is 2.08 bits per heavy atom. The van der Waals surface area contributed by atoms with Crippen molar-refractivity contribution in [1.82, 2.24) is 15.0 Å². The molecule has 0 radical (unpaired) electrons. The molecule has 0 atom stereocenters. The van der Waals surface area contributed by atoms with E-state index in [1.807, 2.05) is 53.8 Å². The van der Waals surface area contributed by atoms with E-state index in [0.29, 0.717) is 17.5 Å². The van der Waals surface area contributed by atoms with E-state index in [2.05, 4.69) is 97.1 Å². The summed E-state index contributed by atoms with van der Waals surface area (Å²) in [6.07, 6.45) is 3.93. The monoisotopic (exact) mass is 673 g/mol. The summed E-state index contributed by atoms with van der Waals surface area (Å²) >= 11 is 1.82. The number of thiophene rings is 1. The fourth-order valence-corrected chi connectivity index (χ4v) is 8.81. The van der Waals surface area contributed by atoms with Crippen LogP contribution in [-0.4, -0.2) is 15.0 Å². The largest absolute Gasteiger partial charge is 0.460 e. The van der Waals surface area contributed by atoms with Crippen molar-refractivity contribution in [3.63, 3.8) is 0 Å². The first-order chi connectivity index (χ1) is 25.3. The minimum Gasteiger partial charge on any atom is -0.460 e. The molecule has 4 heterocycles. The van der Waals surface area contributed by atoms with Crippen molar-refractivity contribution < 1.29 is 8.83 Å². The zero-order chi connectivity index (χ0) is 33.5. The van der Waals surface area contributed by atoms with Crippen LogP contribution in [-0.2, 0) is 6.42 Å². The van der Waals surface area contributed by atoms with E-state index < -0.39 is 0 Å². The molecule has 6 aromatic carbocycles. The molecule has 0 saturated heterocycles. The molecular formula is C45H27N3O2S. The van der Waals surface area contributed by atoms with Gasteiger partial charge >= 0.3 is 0 Å². The van der Waals surface area contributed by atoms with Gasteiger partial charge in [-0.3, -0.25) is 0 Å². The second-order valence-corrected chi connectivity index (χ2v) is 14.1. The lowest BCUT2D eigenvalue weighted by molar-refractivity contribution is 0.545. The van der Waals surface area contributed by atoms with Gasteiger partial charge in [0.25, 0.3) is 0 Å². The molecule has 51 heavy (non-hydrogen) atoms. The second kappa shape index (κ2) is 11.1. The van der Waals surface area contributed by atoms with Crippen molar-refractivity contribution in [1.29, 1.82) is 0 Å². The molecule has 1 aliphatic rings. The van der Waals surface area contributed by atoms with Crippen molar-refractivity contribution in [2.75, 3.05) is 0 Å². The third-order valence-corrected chi connectivity index (χ3v) is 11.2. The lowest BCUT2D eigenvalue weighted by atomic mass is 9.92. The van der Waals surface area contributed by atoms with Crippen LogP contribution >= 0.6 is 11.3 Å². The van der Waals surface area contributed by atoms with Crippen LogP contribution in [0.4, 0.5) is 0 Å². The summed E-state index contributed by atoms with van der Waals surface area (Å²) in [7, 11) is 0. The minimum atomic E-state index is 0.599. The van der Waals surface area contributed by atoms with Crippen molar-refractivity contribution in [3.05, 3.63) is 157 Å². The second-order valence-electron chi connectivity index (χ2n) is 13.0. The number of aromatic nitrogens is 3. The lowest BCUT2D eigenvalue weighted by Gasteiger charge is -2.16. The Balaban J connectivity index is 1.23. The number of fused-ring (bicyclic) bond motifs is 9. The first-order valence-corrected chi connectivity index (χ1v) is 18.0. The van der Waals surface area contributed by atoms with Gasteiger partial charge in [0, 0.05) is 65.0 Å². The Bertz CT molecular complexity index is 3040. The van der Waals surface area contributed by atoms with E-state index in [1.165, 1.54) is 20.2 Å². The number of benzene rings is 6. The summed E-state index contributed by atoms with van der Waals surface area (Å²) < 4.78 is 15.4. The first kappa shape index (κ1) is 28.5. The molecule has 0 N–H and O–H groups in total. The van der Waals surface area contributed by atoms with Crippen LogP contribution in [0, 0.1) is 0 Å². The van der Waals surface area contributed by atoms with E-state index in [0.717, 1.165) is 84.9 Å². The maximum atomic E-state index is 6.47. The normalized spacial score (nSPS) is 13.1. The Labute approximate surface area is 296 Å². The van der Waals surface area contributed by atoms with Crippen molar-refractivity contribution in [2.24, 2.45) is 0 Å². The zero-order valence-electron chi connectivity index (χ0n) is 27.3. The summed E-state index contributed by atoms with van der Waals surface area (Å²) in [6.45, 7) is 0. The fourth-order valence-electron chi connectivity index (χ4n) is 7.73. The van der Waals surface area contributed by atoms with E-state index in [9.17, 15) is 0 Å². The molecule has 0 spiro atoms. The Morgan fingerprint density at radius 1 is 0.490 bits per heavy atom. The zero-order valence-corrected chi connectivity index (χ0v) is 28.1. The number of para-hydroxylation sites is 2. The number of nitrogens with zero attached hydrogens (tertiary/aromatic N) is 3. The van der Waals surface area contributed by atoms with Gasteiger partial charge < -0.3 is 8.83 Å². The molecule has 6 heteroatoms. The topological polar surface area (TPSA) is 65.0 Å². The van der Waals surface area contributed by atoms with Crippen LogP contribution in [0.3, 0.4) is 0 Å². The molecule has 11 rings (SSSR count). The van der Waals surface area contributed by atoms with Crippen LogP contribution in [0.5, 0.6) is 0 Å². The van der Waals surface area contributed by atoms with E-state index in [1.54, 1.807) is 0 Å². The number of furan rings is 2. The molecular weight excluding hydrogens is 647 g/mol. The van der Waals surface area contributed by atoms with Gasteiger partial charge in [0.15, 0.2) is 17.5 Å². The van der Waals surface area contributed by atoms with Gasteiger partial charge in [0.2, 0.25) is 0 Å². The van der Waals surface area contributed by atoms with Crippen molar-refractivity contribution >= 4 is 70.0 Å². The fraction of sp³-hybridized carbons (Fsp3) is 0.0444. The highest BCUT2D eigenvalue weighted by Gasteiger charge is 2.27. The SMILES string of the molecule is C1=C(c2nc(-c3ccccc3)nc(-c3c(-c4ccc5sc6ccccc6c5c4)ccc4oc5ccccc5c34)n2)c2c(oc3ccccc23)CC1. The van der Waals surface area contributed by atoms with Gasteiger partial charge in [-0.05, 0) is 60.0 Å². The first-order valence-electron chi connectivity index (χ1n) is 17.2. The summed E-state index contributed by atoms with van der Waals surface area (Å²) in [4.78, 5) is 15.9. The third-order valence-electron chi connectivity index (χ3n) is 10.0. The van der Waals surface area contributed by atoms with Crippen molar-refractivity contribution in [2.45, 2.75) is 12.8 Å². The molecule has 5 nitrogen and oxygen atoms in total. The summed E-state index contributed by atoms with van der Waals surface area (Å²) in [5, 5.41) is 5.58.